The van der Waals surface area contributed by atoms with Crippen LogP contribution in [-0.2, 0) is 26.0 Å². The first-order chi connectivity index (χ1) is 13.5. The number of sulfonamides is 1. The minimum Gasteiger partial charge on any atom is -0.310 e. The second kappa shape index (κ2) is 9.07. The molecule has 1 aromatic heterocycles. The lowest BCUT2D eigenvalue weighted by molar-refractivity contribution is -0.131. The predicted molar refractivity (Wildman–Crippen MR) is 104 cm³/mol. The second-order valence-corrected chi connectivity index (χ2v) is 8.26. The Balaban J connectivity index is 1.91. The van der Waals surface area contributed by atoms with E-state index in [9.17, 15) is 18.0 Å². The zero-order valence-electron chi connectivity index (χ0n) is 15.3. The van der Waals surface area contributed by atoms with Gasteiger partial charge in [0, 0.05) is 6.20 Å². The molecule has 0 aliphatic carbocycles. The maximum atomic E-state index is 13.2. The van der Waals surface area contributed by atoms with Crippen LogP contribution in [0.25, 0.3) is 0 Å². The summed E-state index contributed by atoms with van der Waals surface area (Å²) >= 11 is 0. The lowest BCUT2D eigenvalue weighted by Crippen LogP contribution is -2.50. The van der Waals surface area contributed by atoms with Crippen molar-refractivity contribution in [2.24, 2.45) is 0 Å². The molecule has 1 aliphatic heterocycles. The monoisotopic (exact) mass is 400 g/mol. The van der Waals surface area contributed by atoms with Crippen molar-refractivity contribution in [3.8, 4) is 0 Å². The fraction of sp³-hybridized carbons (Fsp3) is 0.300. The van der Waals surface area contributed by atoms with Crippen molar-refractivity contribution in [2.75, 3.05) is 13.1 Å². The second-order valence-electron chi connectivity index (χ2n) is 6.50. The molecule has 0 spiro atoms. The normalized spacial score (nSPS) is 17.7. The average molecular weight is 400 g/mol. The first kappa shape index (κ1) is 20.2. The van der Waals surface area contributed by atoms with Crippen LogP contribution in [0.3, 0.4) is 0 Å². The zero-order valence-corrected chi connectivity index (χ0v) is 16.1. The predicted octanol–water partition coefficient (Wildman–Crippen LogP) is 1.37. The highest BCUT2D eigenvalue weighted by Crippen LogP contribution is 2.22. The van der Waals surface area contributed by atoms with Gasteiger partial charge < -0.3 is 5.32 Å². The van der Waals surface area contributed by atoms with E-state index in [0.29, 0.717) is 17.3 Å². The largest absolute Gasteiger partial charge is 0.310 e. The van der Waals surface area contributed by atoms with Gasteiger partial charge >= 0.3 is 0 Å². The lowest BCUT2D eigenvalue weighted by Gasteiger charge is -2.28. The van der Waals surface area contributed by atoms with Crippen LogP contribution < -0.4 is 5.32 Å². The van der Waals surface area contributed by atoms with Crippen LogP contribution in [-0.4, -0.2) is 48.5 Å². The summed E-state index contributed by atoms with van der Waals surface area (Å²) in [5, 5.41) is 2.71. The quantitative estimate of drug-likeness (QED) is 0.787. The molecule has 1 radical (unpaired) electrons. The van der Waals surface area contributed by atoms with Crippen LogP contribution in [0.2, 0.25) is 0 Å². The Kier molecular flexibility index (Phi) is 6.53. The van der Waals surface area contributed by atoms with Gasteiger partial charge in [0.15, 0.2) is 10.8 Å². The molecule has 1 N–H and O–H groups in total. The number of amides is 1. The number of hydrogen-bond donors (Lipinski definition) is 1. The Morgan fingerprint density at radius 3 is 2.64 bits per heavy atom. The minimum atomic E-state index is -4.26. The third-order valence-corrected chi connectivity index (χ3v) is 6.24. The molecule has 1 aliphatic rings. The van der Waals surface area contributed by atoms with Crippen molar-refractivity contribution in [3.05, 3.63) is 66.7 Å². The Morgan fingerprint density at radius 1 is 1.18 bits per heavy atom. The maximum absolute atomic E-state index is 13.2. The van der Waals surface area contributed by atoms with Crippen molar-refractivity contribution in [1.82, 2.24) is 14.6 Å². The first-order valence-corrected chi connectivity index (χ1v) is 10.5. The number of ketones is 1. The summed E-state index contributed by atoms with van der Waals surface area (Å²) in [6, 6.07) is 12.7. The summed E-state index contributed by atoms with van der Waals surface area (Å²) < 4.78 is 27.1. The van der Waals surface area contributed by atoms with E-state index in [1.807, 2.05) is 30.3 Å². The van der Waals surface area contributed by atoms with E-state index in [4.69, 9.17) is 0 Å². The van der Waals surface area contributed by atoms with Gasteiger partial charge in [0.25, 0.3) is 10.0 Å². The smallest absolute Gasteiger partial charge is 0.284 e. The fourth-order valence-electron chi connectivity index (χ4n) is 3.11. The number of hydrogen-bond acceptors (Lipinski definition) is 6. The molecule has 2 heterocycles. The molecule has 1 saturated heterocycles. The first-order valence-electron chi connectivity index (χ1n) is 9.10. The Bertz CT molecular complexity index is 917. The summed E-state index contributed by atoms with van der Waals surface area (Å²) in [6.45, 7) is 0.631. The molecule has 0 unspecified atom stereocenters. The summed E-state index contributed by atoms with van der Waals surface area (Å²) in [7, 11) is -4.26. The Morgan fingerprint density at radius 2 is 1.93 bits per heavy atom. The molecule has 3 rings (SSSR count). The number of carbonyl (C=O) groups is 2. The molecule has 7 nitrogen and oxygen atoms in total. The van der Waals surface area contributed by atoms with E-state index in [0.717, 1.165) is 5.56 Å². The number of aromatic nitrogens is 1. The molecule has 0 saturated carbocycles. The SMILES string of the molecule is O=C1CNCCC[C@@H]1N(C(=O)[CH]Cc1ccccc1)S(=O)(=O)c1ccccn1. The molecule has 147 valence electrons. The Labute approximate surface area is 164 Å². The summed E-state index contributed by atoms with van der Waals surface area (Å²) in [4.78, 5) is 29.4. The number of rotatable bonds is 6. The van der Waals surface area contributed by atoms with E-state index in [1.54, 1.807) is 6.07 Å². The van der Waals surface area contributed by atoms with Crippen LogP contribution >= 0.6 is 0 Å². The average Bonchev–Trinajstić information content (AvgIpc) is 2.92. The fourth-order valence-corrected chi connectivity index (χ4v) is 4.62. The van der Waals surface area contributed by atoms with E-state index >= 15 is 0 Å². The molecule has 28 heavy (non-hydrogen) atoms. The maximum Gasteiger partial charge on any atom is 0.284 e. The van der Waals surface area contributed by atoms with Gasteiger partial charge in [0.2, 0.25) is 5.91 Å². The molecule has 2 aromatic rings. The number of Topliss-reactive ketones (excluding diaryl/α,β-unsaturated/α-hetero) is 1. The van der Waals surface area contributed by atoms with Gasteiger partial charge in [-0.2, -0.15) is 8.42 Å². The van der Waals surface area contributed by atoms with Crippen molar-refractivity contribution < 1.29 is 18.0 Å². The topological polar surface area (TPSA) is 96.4 Å². The molecule has 1 fully saturated rings. The van der Waals surface area contributed by atoms with Crippen LogP contribution in [0.1, 0.15) is 18.4 Å². The van der Waals surface area contributed by atoms with Gasteiger partial charge in [-0.15, -0.1) is 0 Å². The lowest BCUT2D eigenvalue weighted by atomic mass is 10.1. The van der Waals surface area contributed by atoms with E-state index in [-0.39, 0.29) is 30.2 Å². The number of pyridine rings is 1. The molecule has 1 atom stereocenters. The highest BCUT2D eigenvalue weighted by Gasteiger charge is 2.40. The van der Waals surface area contributed by atoms with Crippen LogP contribution in [0, 0.1) is 6.42 Å². The molecule has 0 bridgehead atoms. The number of nitrogens with zero attached hydrogens (tertiary/aromatic N) is 2. The van der Waals surface area contributed by atoms with E-state index in [1.165, 1.54) is 24.8 Å². The summed E-state index contributed by atoms with van der Waals surface area (Å²) in [5.41, 5.74) is 0.875. The van der Waals surface area contributed by atoms with E-state index < -0.39 is 22.0 Å². The standard InChI is InChI=1S/C20H22N3O4S/c24-18-15-21-13-6-9-17(18)23(28(26,27)19-10-4-5-14-22-19)20(25)12-11-16-7-2-1-3-8-16/h1-5,7-8,10,12,14,17,21H,6,9,11,13,15H2/t17-/m0/s1. The molecule has 1 amide bonds. The minimum absolute atomic E-state index is 0.0326. The highest BCUT2D eigenvalue weighted by molar-refractivity contribution is 7.89. The number of nitrogens with one attached hydrogen (secondary N) is 1. The highest BCUT2D eigenvalue weighted by atomic mass is 32.2. The van der Waals surface area contributed by atoms with Crippen molar-refractivity contribution in [2.45, 2.75) is 30.3 Å². The van der Waals surface area contributed by atoms with Crippen molar-refractivity contribution in [1.29, 1.82) is 0 Å². The number of benzene rings is 1. The van der Waals surface area contributed by atoms with Crippen molar-refractivity contribution >= 4 is 21.7 Å². The molecular formula is C20H22N3O4S. The summed E-state index contributed by atoms with van der Waals surface area (Å²) in [6.07, 6.45) is 3.80. The van der Waals surface area contributed by atoms with Gasteiger partial charge in [-0.05, 0) is 43.5 Å². The van der Waals surface area contributed by atoms with Crippen LogP contribution in [0.5, 0.6) is 0 Å². The van der Waals surface area contributed by atoms with Crippen LogP contribution in [0.4, 0.5) is 0 Å². The van der Waals surface area contributed by atoms with Gasteiger partial charge in [0.05, 0.1) is 13.0 Å². The van der Waals surface area contributed by atoms with Gasteiger partial charge in [-0.25, -0.2) is 9.29 Å². The molecule has 8 heteroatoms. The summed E-state index contributed by atoms with van der Waals surface area (Å²) in [5.74, 6) is -1.03. The zero-order chi connectivity index (χ0) is 20.0. The van der Waals surface area contributed by atoms with Gasteiger partial charge in [-0.3, -0.25) is 9.59 Å². The van der Waals surface area contributed by atoms with Crippen molar-refractivity contribution in [3.63, 3.8) is 0 Å². The number of carbonyl (C=O) groups excluding carboxylic acids is 2. The third kappa shape index (κ3) is 4.63. The van der Waals surface area contributed by atoms with E-state index in [2.05, 4.69) is 10.3 Å². The van der Waals surface area contributed by atoms with Gasteiger partial charge in [0.1, 0.15) is 6.04 Å². The van der Waals surface area contributed by atoms with Crippen LogP contribution in [0.15, 0.2) is 59.8 Å². The van der Waals surface area contributed by atoms with Gasteiger partial charge in [-0.1, -0.05) is 36.4 Å². The molecule has 1 aromatic carbocycles. The Hall–Kier alpha value is -2.58. The molecular weight excluding hydrogens is 378 g/mol. The third-order valence-electron chi connectivity index (χ3n) is 4.52.